The minimum Gasteiger partial charge on any atom is -0.480 e. The van der Waals surface area contributed by atoms with Crippen LogP contribution in [0.2, 0.25) is 0 Å². The molecule has 1 amide bonds. The molecule has 94 valence electrons. The van der Waals surface area contributed by atoms with Crippen LogP contribution in [0.1, 0.15) is 41.0 Å². The van der Waals surface area contributed by atoms with Gasteiger partial charge < -0.3 is 15.7 Å². The number of rotatable bonds is 5. The third-order valence-corrected chi connectivity index (χ3v) is 2.37. The van der Waals surface area contributed by atoms with Gasteiger partial charge in [-0.15, -0.1) is 0 Å². The zero-order chi connectivity index (χ0) is 13.0. The molecule has 0 aromatic carbocycles. The molecule has 0 aromatic rings. The molecule has 0 aliphatic carbocycles. The van der Waals surface area contributed by atoms with E-state index in [0.717, 1.165) is 0 Å². The van der Waals surface area contributed by atoms with Crippen molar-refractivity contribution in [3.63, 3.8) is 0 Å². The van der Waals surface area contributed by atoms with Crippen LogP contribution in [0, 0.1) is 0 Å². The molecule has 5 heteroatoms. The summed E-state index contributed by atoms with van der Waals surface area (Å²) in [6.45, 7) is 9.17. The van der Waals surface area contributed by atoms with Gasteiger partial charge in [-0.3, -0.25) is 4.79 Å². The second kappa shape index (κ2) is 5.30. The third kappa shape index (κ3) is 5.11. The fraction of sp³-hybridized carbons (Fsp3) is 0.818. The molecular weight excluding hydrogens is 208 g/mol. The molecule has 0 bridgehead atoms. The van der Waals surface area contributed by atoms with Gasteiger partial charge in [0.25, 0.3) is 0 Å². The highest BCUT2D eigenvalue weighted by atomic mass is 16.4. The van der Waals surface area contributed by atoms with Gasteiger partial charge in [0.2, 0.25) is 5.91 Å². The van der Waals surface area contributed by atoms with Crippen LogP contribution < -0.4 is 10.6 Å². The Morgan fingerprint density at radius 2 is 1.69 bits per heavy atom. The molecule has 1 atom stereocenters. The van der Waals surface area contributed by atoms with Gasteiger partial charge >= 0.3 is 5.97 Å². The highest BCUT2D eigenvalue weighted by molar-refractivity contribution is 5.87. The van der Waals surface area contributed by atoms with E-state index in [1.807, 2.05) is 20.8 Å². The zero-order valence-electron chi connectivity index (χ0n) is 10.7. The monoisotopic (exact) mass is 230 g/mol. The Morgan fingerprint density at radius 1 is 1.19 bits per heavy atom. The number of carbonyl (C=O) groups is 2. The van der Waals surface area contributed by atoms with Crippen molar-refractivity contribution in [1.82, 2.24) is 10.6 Å². The smallest absolute Gasteiger partial charge is 0.329 e. The number of carbonyl (C=O) groups excluding carboxylic acids is 1. The average Bonchev–Trinajstić information content (AvgIpc) is 2.13. The summed E-state index contributed by atoms with van der Waals surface area (Å²) in [7, 11) is 0. The Balaban J connectivity index is 4.28. The summed E-state index contributed by atoms with van der Waals surface area (Å²) in [6, 6.07) is 0. The Bertz CT molecular complexity index is 271. The van der Waals surface area contributed by atoms with Crippen molar-refractivity contribution >= 4 is 11.9 Å². The molecule has 0 spiro atoms. The number of carboxylic acids is 1. The molecule has 3 N–H and O–H groups in total. The number of aliphatic carboxylic acids is 1. The first-order valence-corrected chi connectivity index (χ1v) is 5.40. The van der Waals surface area contributed by atoms with E-state index in [1.165, 1.54) is 6.92 Å². The molecule has 0 fully saturated rings. The van der Waals surface area contributed by atoms with Crippen molar-refractivity contribution in [2.75, 3.05) is 6.54 Å². The van der Waals surface area contributed by atoms with E-state index in [4.69, 9.17) is 5.11 Å². The van der Waals surface area contributed by atoms with Gasteiger partial charge in [0.15, 0.2) is 0 Å². The van der Waals surface area contributed by atoms with Crippen molar-refractivity contribution in [2.45, 2.75) is 52.1 Å². The Kier molecular flexibility index (Phi) is 4.93. The molecule has 0 radical (unpaired) electrons. The first-order chi connectivity index (χ1) is 7.10. The van der Waals surface area contributed by atoms with Crippen molar-refractivity contribution in [1.29, 1.82) is 0 Å². The summed E-state index contributed by atoms with van der Waals surface area (Å²) in [6.07, 6.45) is 0.351. The molecule has 0 aromatic heterocycles. The van der Waals surface area contributed by atoms with E-state index >= 15 is 0 Å². The van der Waals surface area contributed by atoms with E-state index in [1.54, 1.807) is 6.92 Å². The second-order valence-electron chi connectivity index (χ2n) is 5.14. The molecule has 0 heterocycles. The van der Waals surface area contributed by atoms with Crippen LogP contribution in [0.15, 0.2) is 0 Å². The maximum Gasteiger partial charge on any atom is 0.329 e. The maximum atomic E-state index is 11.5. The molecule has 0 aliphatic rings. The Morgan fingerprint density at radius 3 is 2.00 bits per heavy atom. The molecular formula is C11H22N2O3. The highest BCUT2D eigenvalue weighted by Crippen LogP contribution is 2.08. The van der Waals surface area contributed by atoms with Crippen LogP contribution >= 0.6 is 0 Å². The maximum absolute atomic E-state index is 11.5. The third-order valence-electron chi connectivity index (χ3n) is 2.37. The topological polar surface area (TPSA) is 78.4 Å². The molecule has 0 saturated heterocycles. The van der Waals surface area contributed by atoms with Crippen molar-refractivity contribution in [3.05, 3.63) is 0 Å². The number of carboxylic acid groups (broad SMARTS) is 1. The van der Waals surface area contributed by atoms with E-state index in [-0.39, 0.29) is 18.0 Å². The number of amides is 1. The van der Waals surface area contributed by atoms with E-state index < -0.39 is 11.5 Å². The largest absolute Gasteiger partial charge is 0.480 e. The van der Waals surface area contributed by atoms with Crippen LogP contribution in [0.5, 0.6) is 0 Å². The zero-order valence-corrected chi connectivity index (χ0v) is 10.7. The fourth-order valence-corrected chi connectivity index (χ4v) is 0.990. The summed E-state index contributed by atoms with van der Waals surface area (Å²) in [4.78, 5) is 22.5. The van der Waals surface area contributed by atoms with Gasteiger partial charge in [-0.2, -0.15) is 0 Å². The van der Waals surface area contributed by atoms with Crippen molar-refractivity contribution in [2.24, 2.45) is 0 Å². The molecule has 0 rings (SSSR count). The summed E-state index contributed by atoms with van der Waals surface area (Å²) in [5.41, 5.74) is -1.35. The standard InChI is InChI=1S/C11H22N2O3/c1-6-11(5,9(15)16)13-8(14)7-12-10(2,3)4/h12H,6-7H2,1-5H3,(H,13,14)(H,15,16). The quantitative estimate of drug-likeness (QED) is 0.651. The normalized spacial score (nSPS) is 15.3. The molecule has 1 unspecified atom stereocenters. The molecule has 16 heavy (non-hydrogen) atoms. The lowest BCUT2D eigenvalue weighted by Gasteiger charge is -2.26. The highest BCUT2D eigenvalue weighted by Gasteiger charge is 2.32. The lowest BCUT2D eigenvalue weighted by molar-refractivity contribution is -0.146. The van der Waals surface area contributed by atoms with E-state index in [2.05, 4.69) is 10.6 Å². The second-order valence-corrected chi connectivity index (χ2v) is 5.14. The fourth-order valence-electron chi connectivity index (χ4n) is 0.990. The van der Waals surface area contributed by atoms with E-state index in [9.17, 15) is 9.59 Å². The summed E-state index contributed by atoms with van der Waals surface area (Å²) < 4.78 is 0. The minimum atomic E-state index is -1.18. The lowest BCUT2D eigenvalue weighted by atomic mass is 9.99. The summed E-state index contributed by atoms with van der Waals surface area (Å²) in [5, 5.41) is 14.5. The predicted octanol–water partition coefficient (Wildman–Crippen LogP) is 0.744. The van der Waals surface area contributed by atoms with Gasteiger partial charge in [0, 0.05) is 5.54 Å². The summed E-state index contributed by atoms with van der Waals surface area (Å²) >= 11 is 0. The number of hydrogen-bond acceptors (Lipinski definition) is 3. The van der Waals surface area contributed by atoms with E-state index in [0.29, 0.717) is 6.42 Å². The summed E-state index contributed by atoms with van der Waals surface area (Å²) in [5.74, 6) is -1.32. The number of nitrogens with one attached hydrogen (secondary N) is 2. The van der Waals surface area contributed by atoms with Gasteiger partial charge in [0.05, 0.1) is 6.54 Å². The van der Waals surface area contributed by atoms with Gasteiger partial charge in [-0.05, 0) is 34.1 Å². The average molecular weight is 230 g/mol. The Hall–Kier alpha value is -1.10. The predicted molar refractivity (Wildman–Crippen MR) is 62.2 cm³/mol. The van der Waals surface area contributed by atoms with Crippen molar-refractivity contribution < 1.29 is 14.7 Å². The number of hydrogen-bond donors (Lipinski definition) is 3. The molecule has 0 saturated carbocycles. The SMILES string of the molecule is CCC(C)(NC(=O)CNC(C)(C)C)C(=O)O. The lowest BCUT2D eigenvalue weighted by Crippen LogP contribution is -2.55. The molecule has 5 nitrogen and oxygen atoms in total. The van der Waals surface area contributed by atoms with Crippen LogP contribution in [-0.2, 0) is 9.59 Å². The van der Waals surface area contributed by atoms with Crippen LogP contribution in [0.25, 0.3) is 0 Å². The van der Waals surface area contributed by atoms with Crippen LogP contribution in [0.3, 0.4) is 0 Å². The minimum absolute atomic E-state index is 0.117. The van der Waals surface area contributed by atoms with Gasteiger partial charge in [-0.25, -0.2) is 4.79 Å². The van der Waals surface area contributed by atoms with Crippen LogP contribution in [-0.4, -0.2) is 34.6 Å². The first-order valence-electron chi connectivity index (χ1n) is 5.40. The Labute approximate surface area is 96.6 Å². The molecule has 0 aliphatic heterocycles. The van der Waals surface area contributed by atoms with Crippen LogP contribution in [0.4, 0.5) is 0 Å². The van der Waals surface area contributed by atoms with Crippen molar-refractivity contribution in [3.8, 4) is 0 Å². The van der Waals surface area contributed by atoms with Gasteiger partial charge in [0.1, 0.15) is 5.54 Å². The first kappa shape index (κ1) is 14.9. The van der Waals surface area contributed by atoms with Gasteiger partial charge in [-0.1, -0.05) is 6.92 Å².